The molecule has 3 fully saturated rings. The van der Waals surface area contributed by atoms with Gasteiger partial charge in [-0.2, -0.15) is 0 Å². The van der Waals surface area contributed by atoms with Crippen LogP contribution in [-0.2, 0) is 32.1 Å². The summed E-state index contributed by atoms with van der Waals surface area (Å²) < 4.78 is 25.4. The summed E-state index contributed by atoms with van der Waals surface area (Å²) in [6.07, 6.45) is 1.09. The Morgan fingerprint density at radius 2 is 1.55 bits per heavy atom. The molecule has 0 unspecified atom stereocenters. The van der Waals surface area contributed by atoms with Crippen molar-refractivity contribution in [2.24, 2.45) is 11.7 Å². The number of benzene rings is 3. The van der Waals surface area contributed by atoms with E-state index in [9.17, 15) is 5.11 Å². The highest BCUT2D eigenvalue weighted by molar-refractivity contribution is 5.65. The van der Waals surface area contributed by atoms with Crippen LogP contribution in [0.5, 0.6) is 0 Å². The van der Waals surface area contributed by atoms with Gasteiger partial charge in [-0.25, -0.2) is 0 Å². The van der Waals surface area contributed by atoms with Gasteiger partial charge in [0.05, 0.1) is 32.0 Å². The van der Waals surface area contributed by atoms with Crippen molar-refractivity contribution in [3.8, 4) is 11.1 Å². The third-order valence-electron chi connectivity index (χ3n) is 8.65. The Labute approximate surface area is 236 Å². The molecule has 1 spiro atoms. The zero-order valence-corrected chi connectivity index (χ0v) is 23.2. The van der Waals surface area contributed by atoms with Crippen LogP contribution < -0.4 is 5.73 Å². The Bertz CT molecular complexity index is 1270. The van der Waals surface area contributed by atoms with Gasteiger partial charge in [-0.15, -0.1) is 0 Å². The monoisotopic (exact) mass is 544 g/mol. The van der Waals surface area contributed by atoms with E-state index in [0.29, 0.717) is 19.8 Å². The SMILES string of the molecule is C[C@H]1[C@@H](CN2CCC3(CC2)OCCO3)O[C@@H](c2cccc(-c3cccc(CN)c3)c2)O[C@H]1c1ccc(CO)cc1. The van der Waals surface area contributed by atoms with Gasteiger partial charge in [0.25, 0.3) is 0 Å². The number of hydrogen-bond donors (Lipinski definition) is 2. The van der Waals surface area contributed by atoms with Gasteiger partial charge in [-0.1, -0.05) is 67.6 Å². The van der Waals surface area contributed by atoms with Crippen molar-refractivity contribution in [2.45, 2.75) is 57.2 Å². The molecule has 3 aliphatic heterocycles. The minimum Gasteiger partial charge on any atom is -0.392 e. The second-order valence-electron chi connectivity index (χ2n) is 11.3. The molecule has 0 aliphatic carbocycles. The summed E-state index contributed by atoms with van der Waals surface area (Å²) in [5.41, 5.74) is 12.2. The lowest BCUT2D eigenvalue weighted by atomic mass is 9.89. The minimum absolute atomic E-state index is 0.0232. The Morgan fingerprint density at radius 1 is 0.850 bits per heavy atom. The summed E-state index contributed by atoms with van der Waals surface area (Å²) in [6.45, 7) is 6.78. The molecular weight excluding hydrogens is 504 g/mol. The predicted molar refractivity (Wildman–Crippen MR) is 153 cm³/mol. The minimum atomic E-state index is -0.501. The molecule has 3 aromatic rings. The van der Waals surface area contributed by atoms with Crippen molar-refractivity contribution in [1.29, 1.82) is 0 Å². The van der Waals surface area contributed by atoms with Crippen molar-refractivity contribution in [3.63, 3.8) is 0 Å². The second-order valence-corrected chi connectivity index (χ2v) is 11.3. The molecule has 3 aliphatic rings. The quantitative estimate of drug-likeness (QED) is 0.436. The van der Waals surface area contributed by atoms with Gasteiger partial charge in [0, 0.05) is 50.5 Å². The molecule has 7 heteroatoms. The molecule has 4 atom stereocenters. The van der Waals surface area contributed by atoms with Gasteiger partial charge in [0.15, 0.2) is 12.1 Å². The first-order valence-corrected chi connectivity index (χ1v) is 14.5. The van der Waals surface area contributed by atoms with Crippen LogP contribution in [-0.4, -0.2) is 54.7 Å². The van der Waals surface area contributed by atoms with Crippen LogP contribution in [0, 0.1) is 5.92 Å². The number of hydrogen-bond acceptors (Lipinski definition) is 7. The third kappa shape index (κ3) is 5.87. The van der Waals surface area contributed by atoms with Crippen LogP contribution >= 0.6 is 0 Å². The summed E-state index contributed by atoms with van der Waals surface area (Å²) in [6, 6.07) is 24.9. The van der Waals surface area contributed by atoms with E-state index in [1.165, 1.54) is 0 Å². The van der Waals surface area contributed by atoms with Crippen molar-refractivity contribution in [3.05, 3.63) is 95.1 Å². The fourth-order valence-electron chi connectivity index (χ4n) is 6.19. The number of ether oxygens (including phenoxy) is 4. The Morgan fingerprint density at radius 3 is 2.25 bits per heavy atom. The lowest BCUT2D eigenvalue weighted by molar-refractivity contribution is -0.278. The first-order valence-electron chi connectivity index (χ1n) is 14.5. The molecule has 40 heavy (non-hydrogen) atoms. The fraction of sp³-hybridized carbons (Fsp3) is 0.455. The second kappa shape index (κ2) is 12.1. The normalized spacial score (nSPS) is 26.8. The van der Waals surface area contributed by atoms with Gasteiger partial charge in [-0.05, 0) is 39.9 Å². The van der Waals surface area contributed by atoms with Gasteiger partial charge in [-0.3, -0.25) is 0 Å². The number of rotatable bonds is 7. The third-order valence-corrected chi connectivity index (χ3v) is 8.65. The number of nitrogens with zero attached hydrogens (tertiary/aromatic N) is 1. The summed E-state index contributed by atoms with van der Waals surface area (Å²) in [5.74, 6) is -0.254. The Kier molecular flexibility index (Phi) is 8.32. The van der Waals surface area contributed by atoms with E-state index in [4.69, 9.17) is 24.7 Å². The van der Waals surface area contributed by atoms with Crippen molar-refractivity contribution < 1.29 is 24.1 Å². The van der Waals surface area contributed by atoms with E-state index >= 15 is 0 Å². The Hall–Kier alpha value is -2.62. The molecule has 3 aromatic carbocycles. The predicted octanol–water partition coefficient (Wildman–Crippen LogP) is 4.93. The van der Waals surface area contributed by atoms with Gasteiger partial charge in [0.2, 0.25) is 0 Å². The molecule has 0 aromatic heterocycles. The maximum atomic E-state index is 9.55. The van der Waals surface area contributed by atoms with Gasteiger partial charge >= 0.3 is 0 Å². The first kappa shape index (κ1) is 27.5. The van der Waals surface area contributed by atoms with Crippen molar-refractivity contribution in [1.82, 2.24) is 4.90 Å². The zero-order chi connectivity index (χ0) is 27.5. The van der Waals surface area contributed by atoms with Gasteiger partial charge < -0.3 is 34.7 Å². The first-order chi connectivity index (χ1) is 19.6. The standard InChI is InChI=1S/C33H40N2O5/c1-23-30(21-35-14-12-33(13-15-35)37-16-17-38-33)39-32(40-31(23)26-10-8-24(22-36)9-11-26)29-7-3-6-28(19-29)27-5-2-4-25(18-27)20-34/h2-11,18-19,23,30-32,36H,12-17,20-22,34H2,1H3/t23-,30+,31+,32+/m0/s1. The summed E-state index contributed by atoms with van der Waals surface area (Å²) >= 11 is 0. The van der Waals surface area contributed by atoms with E-state index in [1.54, 1.807) is 0 Å². The molecule has 0 saturated carbocycles. The maximum Gasteiger partial charge on any atom is 0.184 e. The average Bonchev–Trinajstić information content (AvgIpc) is 3.47. The highest BCUT2D eigenvalue weighted by Crippen LogP contribution is 2.43. The summed E-state index contributed by atoms with van der Waals surface area (Å²) in [7, 11) is 0. The number of nitrogens with two attached hydrogens (primary N) is 1. The number of piperidine rings is 1. The summed E-state index contributed by atoms with van der Waals surface area (Å²) in [4.78, 5) is 2.47. The topological polar surface area (TPSA) is 86.4 Å². The van der Waals surface area contributed by atoms with Crippen molar-refractivity contribution >= 4 is 0 Å². The van der Waals surface area contributed by atoms with E-state index in [-0.39, 0.29) is 30.5 Å². The molecule has 3 saturated heterocycles. The van der Waals surface area contributed by atoms with E-state index < -0.39 is 6.29 Å². The fourth-order valence-corrected chi connectivity index (χ4v) is 6.19. The highest BCUT2D eigenvalue weighted by atomic mass is 16.7. The maximum absolute atomic E-state index is 9.55. The van der Waals surface area contributed by atoms with Crippen LogP contribution in [0.2, 0.25) is 0 Å². The van der Waals surface area contributed by atoms with Crippen LogP contribution in [0.25, 0.3) is 11.1 Å². The molecule has 3 N–H and O–H groups in total. The molecule has 0 bridgehead atoms. The molecule has 0 radical (unpaired) electrons. The van der Waals surface area contributed by atoms with E-state index in [2.05, 4.69) is 60.4 Å². The average molecular weight is 545 g/mol. The molecule has 212 valence electrons. The largest absolute Gasteiger partial charge is 0.392 e. The highest BCUT2D eigenvalue weighted by Gasteiger charge is 2.43. The van der Waals surface area contributed by atoms with Crippen LogP contribution in [0.15, 0.2) is 72.8 Å². The molecular formula is C33H40N2O5. The van der Waals surface area contributed by atoms with Gasteiger partial charge in [0.1, 0.15) is 0 Å². The number of likely N-dealkylation sites (tertiary alicyclic amines) is 1. The molecule has 0 amide bonds. The lowest BCUT2D eigenvalue weighted by Gasteiger charge is -2.44. The van der Waals surface area contributed by atoms with E-state index in [1.807, 2.05) is 24.3 Å². The number of aliphatic hydroxyl groups is 1. The van der Waals surface area contributed by atoms with Crippen LogP contribution in [0.4, 0.5) is 0 Å². The van der Waals surface area contributed by atoms with Crippen molar-refractivity contribution in [2.75, 3.05) is 32.8 Å². The molecule has 7 nitrogen and oxygen atoms in total. The smallest absolute Gasteiger partial charge is 0.184 e. The molecule has 3 heterocycles. The zero-order valence-electron chi connectivity index (χ0n) is 23.2. The van der Waals surface area contributed by atoms with Crippen LogP contribution in [0.1, 0.15) is 54.4 Å². The lowest BCUT2D eigenvalue weighted by Crippen LogP contribution is -2.50. The van der Waals surface area contributed by atoms with Crippen LogP contribution in [0.3, 0.4) is 0 Å². The Balaban J connectivity index is 1.25. The van der Waals surface area contributed by atoms with E-state index in [0.717, 1.165) is 65.9 Å². The number of aliphatic hydroxyl groups excluding tert-OH is 1. The molecule has 6 rings (SSSR count). The summed E-state index contributed by atoms with van der Waals surface area (Å²) in [5, 5.41) is 9.55.